The average molecular weight is 298 g/mol. The molecule has 2 rings (SSSR count). The molecule has 1 aromatic rings. The first-order valence-corrected chi connectivity index (χ1v) is 6.69. The Morgan fingerprint density at radius 2 is 1.88 bits per heavy atom. The molecule has 1 fully saturated rings. The van der Waals surface area contributed by atoms with E-state index in [2.05, 4.69) is 15.9 Å². The van der Waals surface area contributed by atoms with Gasteiger partial charge in [-0.3, -0.25) is 4.79 Å². The van der Waals surface area contributed by atoms with E-state index in [9.17, 15) is 4.79 Å². The van der Waals surface area contributed by atoms with Crippen LogP contribution in [-0.4, -0.2) is 35.8 Å². The van der Waals surface area contributed by atoms with Gasteiger partial charge in [0.05, 0.1) is 7.11 Å². The molecule has 4 heteroatoms. The summed E-state index contributed by atoms with van der Waals surface area (Å²) in [4.78, 5) is 14.6. The summed E-state index contributed by atoms with van der Waals surface area (Å²) in [5.41, 5.74) is 0.735. The summed E-state index contributed by atoms with van der Waals surface area (Å²) in [6.45, 7) is 1.67. The van der Waals surface area contributed by atoms with E-state index in [0.717, 1.165) is 37.2 Å². The van der Waals surface area contributed by atoms with Gasteiger partial charge < -0.3 is 9.64 Å². The molecule has 0 bridgehead atoms. The van der Waals surface area contributed by atoms with Crippen LogP contribution in [0.15, 0.2) is 24.3 Å². The van der Waals surface area contributed by atoms with Crippen LogP contribution in [0.5, 0.6) is 5.75 Å². The SMILES string of the molecule is COc1ccc(C(=O)N2CCC(Br)CC2)cc1. The first-order valence-electron chi connectivity index (χ1n) is 5.78. The zero-order valence-electron chi connectivity index (χ0n) is 9.86. The maximum Gasteiger partial charge on any atom is 0.253 e. The van der Waals surface area contributed by atoms with E-state index >= 15 is 0 Å². The predicted molar refractivity (Wildman–Crippen MR) is 70.8 cm³/mol. The van der Waals surface area contributed by atoms with Crippen molar-refractivity contribution in [1.82, 2.24) is 4.90 Å². The van der Waals surface area contributed by atoms with Gasteiger partial charge >= 0.3 is 0 Å². The van der Waals surface area contributed by atoms with Gasteiger partial charge in [-0.05, 0) is 37.1 Å². The third-order valence-corrected chi connectivity index (χ3v) is 3.96. The third kappa shape index (κ3) is 3.00. The number of likely N-dealkylation sites (tertiary alicyclic amines) is 1. The van der Waals surface area contributed by atoms with Gasteiger partial charge in [-0.25, -0.2) is 0 Å². The van der Waals surface area contributed by atoms with Crippen molar-refractivity contribution in [2.75, 3.05) is 20.2 Å². The van der Waals surface area contributed by atoms with E-state index in [1.807, 2.05) is 29.2 Å². The molecule has 1 saturated heterocycles. The van der Waals surface area contributed by atoms with Crippen LogP contribution in [0.1, 0.15) is 23.2 Å². The Labute approximate surface area is 110 Å². The average Bonchev–Trinajstić information content (AvgIpc) is 2.39. The molecule has 3 nitrogen and oxygen atoms in total. The normalized spacial score (nSPS) is 16.9. The fourth-order valence-corrected chi connectivity index (χ4v) is 2.38. The highest BCUT2D eigenvalue weighted by Crippen LogP contribution is 2.20. The number of carbonyl (C=O) groups excluding carboxylic acids is 1. The van der Waals surface area contributed by atoms with Crippen molar-refractivity contribution in [3.63, 3.8) is 0 Å². The molecule has 0 atom stereocenters. The van der Waals surface area contributed by atoms with Crippen LogP contribution < -0.4 is 4.74 Å². The van der Waals surface area contributed by atoms with Crippen molar-refractivity contribution in [3.8, 4) is 5.75 Å². The van der Waals surface area contributed by atoms with Crippen LogP contribution >= 0.6 is 15.9 Å². The number of hydrogen-bond donors (Lipinski definition) is 0. The second-order valence-corrected chi connectivity index (χ2v) is 5.49. The largest absolute Gasteiger partial charge is 0.497 e. The lowest BCUT2D eigenvalue weighted by atomic mass is 10.1. The minimum absolute atomic E-state index is 0.118. The van der Waals surface area contributed by atoms with Crippen LogP contribution in [0.4, 0.5) is 0 Å². The number of ether oxygens (including phenoxy) is 1. The minimum atomic E-state index is 0.118. The maximum absolute atomic E-state index is 12.2. The molecule has 1 aliphatic heterocycles. The molecular formula is C13H16BrNO2. The van der Waals surface area contributed by atoms with E-state index < -0.39 is 0 Å². The van der Waals surface area contributed by atoms with Gasteiger partial charge in [0.1, 0.15) is 5.75 Å². The lowest BCUT2D eigenvalue weighted by Gasteiger charge is -2.29. The maximum atomic E-state index is 12.2. The summed E-state index contributed by atoms with van der Waals surface area (Å²) in [6, 6.07) is 7.29. The molecule has 0 spiro atoms. The number of carbonyl (C=O) groups is 1. The van der Waals surface area contributed by atoms with Gasteiger partial charge in [-0.1, -0.05) is 15.9 Å². The quantitative estimate of drug-likeness (QED) is 0.786. The van der Waals surface area contributed by atoms with Gasteiger partial charge in [0.25, 0.3) is 5.91 Å². The van der Waals surface area contributed by atoms with Crippen LogP contribution in [0.2, 0.25) is 0 Å². The van der Waals surface area contributed by atoms with E-state index in [-0.39, 0.29) is 5.91 Å². The second kappa shape index (κ2) is 5.54. The number of nitrogens with zero attached hydrogens (tertiary/aromatic N) is 1. The molecule has 0 saturated carbocycles. The van der Waals surface area contributed by atoms with Gasteiger partial charge in [0, 0.05) is 23.5 Å². The van der Waals surface area contributed by atoms with Gasteiger partial charge in [0.2, 0.25) is 0 Å². The highest BCUT2D eigenvalue weighted by Gasteiger charge is 2.21. The van der Waals surface area contributed by atoms with E-state index in [4.69, 9.17) is 4.74 Å². The molecule has 0 aliphatic carbocycles. The lowest BCUT2D eigenvalue weighted by molar-refractivity contribution is 0.0728. The predicted octanol–water partition coefficient (Wildman–Crippen LogP) is 2.69. The highest BCUT2D eigenvalue weighted by atomic mass is 79.9. The van der Waals surface area contributed by atoms with Crippen LogP contribution in [-0.2, 0) is 0 Å². The van der Waals surface area contributed by atoms with Crippen molar-refractivity contribution in [3.05, 3.63) is 29.8 Å². The lowest BCUT2D eigenvalue weighted by Crippen LogP contribution is -2.38. The first-order chi connectivity index (χ1) is 8.20. The van der Waals surface area contributed by atoms with Crippen molar-refractivity contribution < 1.29 is 9.53 Å². The standard InChI is InChI=1S/C13H16BrNO2/c1-17-12-4-2-10(3-5-12)13(16)15-8-6-11(14)7-9-15/h2-5,11H,6-9H2,1H3. The summed E-state index contributed by atoms with van der Waals surface area (Å²) in [5.74, 6) is 0.896. The van der Waals surface area contributed by atoms with Crippen molar-refractivity contribution in [2.45, 2.75) is 17.7 Å². The molecule has 0 unspecified atom stereocenters. The van der Waals surface area contributed by atoms with Crippen molar-refractivity contribution >= 4 is 21.8 Å². The Morgan fingerprint density at radius 3 is 2.41 bits per heavy atom. The summed E-state index contributed by atoms with van der Waals surface area (Å²) in [5, 5.41) is 0. The first kappa shape index (κ1) is 12.4. The van der Waals surface area contributed by atoms with E-state index in [1.165, 1.54) is 0 Å². The Bertz CT molecular complexity index is 383. The number of benzene rings is 1. The number of amides is 1. The molecular weight excluding hydrogens is 282 g/mol. The number of methoxy groups -OCH3 is 1. The fraction of sp³-hybridized carbons (Fsp3) is 0.462. The Hall–Kier alpha value is -1.03. The second-order valence-electron chi connectivity index (χ2n) is 4.20. The smallest absolute Gasteiger partial charge is 0.253 e. The molecule has 17 heavy (non-hydrogen) atoms. The topological polar surface area (TPSA) is 29.5 Å². The summed E-state index contributed by atoms with van der Waals surface area (Å²) >= 11 is 3.59. The Morgan fingerprint density at radius 1 is 1.29 bits per heavy atom. The minimum Gasteiger partial charge on any atom is -0.497 e. The summed E-state index contributed by atoms with van der Waals surface area (Å²) < 4.78 is 5.08. The molecule has 1 amide bonds. The summed E-state index contributed by atoms with van der Waals surface area (Å²) in [7, 11) is 1.62. The fourth-order valence-electron chi connectivity index (χ4n) is 1.97. The summed E-state index contributed by atoms with van der Waals surface area (Å²) in [6.07, 6.45) is 2.06. The van der Waals surface area contributed by atoms with Crippen molar-refractivity contribution in [1.29, 1.82) is 0 Å². The molecule has 1 heterocycles. The molecule has 1 aliphatic rings. The number of halogens is 1. The zero-order chi connectivity index (χ0) is 12.3. The van der Waals surface area contributed by atoms with Crippen LogP contribution in [0.25, 0.3) is 0 Å². The Kier molecular flexibility index (Phi) is 4.05. The number of piperidine rings is 1. The molecule has 0 aromatic heterocycles. The van der Waals surface area contributed by atoms with Crippen LogP contribution in [0, 0.1) is 0 Å². The third-order valence-electron chi connectivity index (χ3n) is 3.05. The molecule has 0 N–H and O–H groups in total. The van der Waals surface area contributed by atoms with Crippen LogP contribution in [0.3, 0.4) is 0 Å². The van der Waals surface area contributed by atoms with Gasteiger partial charge in [-0.15, -0.1) is 0 Å². The van der Waals surface area contributed by atoms with Gasteiger partial charge in [0.15, 0.2) is 0 Å². The van der Waals surface area contributed by atoms with Gasteiger partial charge in [-0.2, -0.15) is 0 Å². The number of hydrogen-bond acceptors (Lipinski definition) is 2. The van der Waals surface area contributed by atoms with E-state index in [0.29, 0.717) is 4.83 Å². The highest BCUT2D eigenvalue weighted by molar-refractivity contribution is 9.09. The van der Waals surface area contributed by atoms with Crippen molar-refractivity contribution in [2.24, 2.45) is 0 Å². The molecule has 92 valence electrons. The Balaban J connectivity index is 2.03. The van der Waals surface area contributed by atoms with E-state index in [1.54, 1.807) is 7.11 Å². The monoisotopic (exact) mass is 297 g/mol. The number of alkyl halides is 1. The molecule has 0 radical (unpaired) electrons. The molecule has 1 aromatic carbocycles. The number of rotatable bonds is 2. The zero-order valence-corrected chi connectivity index (χ0v) is 11.4.